The SMILES string of the molecule is Cc1ccc(S(=O)(=O)N/N=C2/C[C@@](C)(O)C[C@H](c3ccccc3)[C@@H]2C(=O)Nc2ccccc2)cc1. The van der Waals surface area contributed by atoms with Crippen LogP contribution in [-0.2, 0) is 14.8 Å². The summed E-state index contributed by atoms with van der Waals surface area (Å²) in [5, 5.41) is 18.2. The monoisotopic (exact) mass is 491 g/mol. The molecule has 0 saturated heterocycles. The van der Waals surface area contributed by atoms with Gasteiger partial charge in [0.15, 0.2) is 0 Å². The predicted octanol–water partition coefficient (Wildman–Crippen LogP) is 4.21. The minimum absolute atomic E-state index is 0.0552. The molecule has 0 unspecified atom stereocenters. The van der Waals surface area contributed by atoms with Crippen LogP contribution in [0, 0.1) is 12.8 Å². The molecule has 182 valence electrons. The van der Waals surface area contributed by atoms with Crippen molar-refractivity contribution in [3.8, 4) is 0 Å². The number of rotatable bonds is 6. The van der Waals surface area contributed by atoms with E-state index in [-0.39, 0.29) is 22.9 Å². The molecular weight excluding hydrogens is 462 g/mol. The average molecular weight is 492 g/mol. The van der Waals surface area contributed by atoms with Crippen molar-refractivity contribution in [1.82, 2.24) is 4.83 Å². The van der Waals surface area contributed by atoms with Gasteiger partial charge in [-0.3, -0.25) is 4.79 Å². The quantitative estimate of drug-likeness (QED) is 0.449. The highest BCUT2D eigenvalue weighted by Crippen LogP contribution is 2.41. The fourth-order valence-corrected chi connectivity index (χ4v) is 5.32. The Balaban J connectivity index is 1.72. The van der Waals surface area contributed by atoms with Gasteiger partial charge >= 0.3 is 0 Å². The number of amides is 1. The van der Waals surface area contributed by atoms with Gasteiger partial charge in [-0.15, -0.1) is 0 Å². The number of sulfonamides is 1. The Kier molecular flexibility index (Phi) is 7.05. The lowest BCUT2D eigenvalue weighted by Gasteiger charge is -2.40. The predicted molar refractivity (Wildman–Crippen MR) is 137 cm³/mol. The lowest BCUT2D eigenvalue weighted by Crippen LogP contribution is -2.47. The molecule has 1 amide bonds. The van der Waals surface area contributed by atoms with Crippen molar-refractivity contribution in [1.29, 1.82) is 0 Å². The molecular formula is C27H29N3O4S. The minimum Gasteiger partial charge on any atom is -0.390 e. The maximum absolute atomic E-state index is 13.6. The van der Waals surface area contributed by atoms with Gasteiger partial charge in [0.25, 0.3) is 10.0 Å². The van der Waals surface area contributed by atoms with Gasteiger partial charge in [0.2, 0.25) is 5.91 Å². The summed E-state index contributed by atoms with van der Waals surface area (Å²) in [6.07, 6.45) is 0.382. The van der Waals surface area contributed by atoms with Gasteiger partial charge in [-0.25, -0.2) is 4.83 Å². The molecule has 0 spiro atoms. The zero-order valence-electron chi connectivity index (χ0n) is 19.7. The molecule has 1 aliphatic rings. The third kappa shape index (κ3) is 5.96. The molecule has 3 N–H and O–H groups in total. The van der Waals surface area contributed by atoms with Crippen LogP contribution in [-0.4, -0.2) is 30.7 Å². The molecule has 35 heavy (non-hydrogen) atoms. The van der Waals surface area contributed by atoms with Gasteiger partial charge in [-0.2, -0.15) is 13.5 Å². The average Bonchev–Trinajstić information content (AvgIpc) is 2.83. The van der Waals surface area contributed by atoms with Crippen LogP contribution < -0.4 is 10.1 Å². The summed E-state index contributed by atoms with van der Waals surface area (Å²) in [4.78, 5) is 15.9. The number of hydrogen-bond acceptors (Lipinski definition) is 5. The second-order valence-electron chi connectivity index (χ2n) is 9.24. The first-order chi connectivity index (χ1) is 16.6. The largest absolute Gasteiger partial charge is 0.390 e. The van der Waals surface area contributed by atoms with E-state index in [9.17, 15) is 18.3 Å². The fourth-order valence-electron chi connectivity index (χ4n) is 4.48. The molecule has 3 aromatic rings. The zero-order valence-corrected chi connectivity index (χ0v) is 20.5. The number of nitrogens with one attached hydrogen (secondary N) is 2. The van der Waals surface area contributed by atoms with Gasteiger partial charge in [0.1, 0.15) is 0 Å². The molecule has 8 heteroatoms. The molecule has 3 aromatic carbocycles. The van der Waals surface area contributed by atoms with E-state index < -0.39 is 27.5 Å². The minimum atomic E-state index is -3.95. The third-order valence-electron chi connectivity index (χ3n) is 6.18. The molecule has 1 fully saturated rings. The molecule has 3 atom stereocenters. The second kappa shape index (κ2) is 10.0. The number of hydrogen-bond donors (Lipinski definition) is 3. The van der Waals surface area contributed by atoms with Crippen LogP contribution in [0.3, 0.4) is 0 Å². The molecule has 1 aliphatic carbocycles. The summed E-state index contributed by atoms with van der Waals surface area (Å²) in [6.45, 7) is 3.55. The van der Waals surface area contributed by atoms with Crippen molar-refractivity contribution >= 4 is 27.3 Å². The summed E-state index contributed by atoms with van der Waals surface area (Å²) in [7, 11) is -3.95. The third-order valence-corrected chi connectivity index (χ3v) is 7.40. The van der Waals surface area contributed by atoms with Crippen molar-refractivity contribution in [2.75, 3.05) is 5.32 Å². The van der Waals surface area contributed by atoms with Crippen molar-refractivity contribution in [2.24, 2.45) is 11.0 Å². The van der Waals surface area contributed by atoms with Crippen molar-refractivity contribution in [2.45, 2.75) is 43.1 Å². The van der Waals surface area contributed by atoms with Gasteiger partial charge in [0, 0.05) is 18.0 Å². The maximum atomic E-state index is 13.6. The Bertz CT molecular complexity index is 1310. The topological polar surface area (TPSA) is 108 Å². The number of aryl methyl sites for hydroxylation is 1. The normalized spacial score (nSPS) is 23.6. The van der Waals surface area contributed by atoms with Crippen LogP contribution in [0.2, 0.25) is 0 Å². The number of aliphatic hydroxyl groups is 1. The number of nitrogens with zero attached hydrogens (tertiary/aromatic N) is 1. The lowest BCUT2D eigenvalue weighted by atomic mass is 9.68. The van der Waals surface area contributed by atoms with Gasteiger partial charge < -0.3 is 10.4 Å². The van der Waals surface area contributed by atoms with Crippen LogP contribution >= 0.6 is 0 Å². The number of para-hydroxylation sites is 1. The number of benzene rings is 3. The molecule has 1 saturated carbocycles. The first-order valence-electron chi connectivity index (χ1n) is 11.4. The Morgan fingerprint density at radius 1 is 0.971 bits per heavy atom. The lowest BCUT2D eigenvalue weighted by molar-refractivity contribution is -0.119. The van der Waals surface area contributed by atoms with Crippen molar-refractivity contribution in [3.05, 3.63) is 96.1 Å². The second-order valence-corrected chi connectivity index (χ2v) is 10.9. The molecule has 0 radical (unpaired) electrons. The summed E-state index contributed by atoms with van der Waals surface area (Å²) in [5.41, 5.74) is 1.54. The van der Waals surface area contributed by atoms with E-state index in [1.165, 1.54) is 12.1 Å². The highest BCUT2D eigenvalue weighted by molar-refractivity contribution is 7.89. The van der Waals surface area contributed by atoms with Crippen LogP contribution in [0.25, 0.3) is 0 Å². The molecule has 7 nitrogen and oxygen atoms in total. The number of carbonyl (C=O) groups is 1. The smallest absolute Gasteiger partial charge is 0.276 e. The van der Waals surface area contributed by atoms with Crippen LogP contribution in [0.15, 0.2) is 94.9 Å². The van der Waals surface area contributed by atoms with Crippen LogP contribution in [0.4, 0.5) is 5.69 Å². The van der Waals surface area contributed by atoms with E-state index in [0.29, 0.717) is 12.1 Å². The first-order valence-corrected chi connectivity index (χ1v) is 12.9. The van der Waals surface area contributed by atoms with E-state index in [4.69, 9.17) is 0 Å². The highest BCUT2D eigenvalue weighted by Gasteiger charge is 2.45. The Morgan fingerprint density at radius 3 is 2.20 bits per heavy atom. The van der Waals surface area contributed by atoms with Crippen molar-refractivity contribution in [3.63, 3.8) is 0 Å². The Hall–Kier alpha value is -3.49. The number of hydrazone groups is 1. The summed E-state index contributed by atoms with van der Waals surface area (Å²) < 4.78 is 25.8. The van der Waals surface area contributed by atoms with Crippen LogP contribution in [0.5, 0.6) is 0 Å². The van der Waals surface area contributed by atoms with E-state index >= 15 is 0 Å². The van der Waals surface area contributed by atoms with Gasteiger partial charge in [-0.05, 0) is 50.1 Å². The summed E-state index contributed by atoms with van der Waals surface area (Å²) in [5.74, 6) is -1.49. The molecule has 0 aliphatic heterocycles. The number of carbonyl (C=O) groups excluding carboxylic acids is 1. The molecule has 4 rings (SSSR count). The standard InChI is InChI=1S/C27H29N3O4S/c1-19-13-15-22(16-14-19)35(33,34)30-29-24-18-27(2,32)17-23(20-9-5-3-6-10-20)25(24)26(31)28-21-11-7-4-8-12-21/h3-16,23,25,30,32H,17-18H2,1-2H3,(H,28,31)/b29-24-/t23-,25+,27+/m1/s1. The molecule has 0 bridgehead atoms. The Morgan fingerprint density at radius 2 is 1.57 bits per heavy atom. The summed E-state index contributed by atoms with van der Waals surface area (Å²) >= 11 is 0. The van der Waals surface area contributed by atoms with E-state index in [2.05, 4.69) is 15.2 Å². The first kappa shape index (κ1) is 24.6. The Labute approximate surface area is 206 Å². The van der Waals surface area contributed by atoms with Crippen LogP contribution in [0.1, 0.15) is 36.8 Å². The van der Waals surface area contributed by atoms with E-state index in [1.807, 2.05) is 55.5 Å². The summed E-state index contributed by atoms with van der Waals surface area (Å²) in [6, 6.07) is 24.9. The zero-order chi connectivity index (χ0) is 25.1. The maximum Gasteiger partial charge on any atom is 0.276 e. The van der Waals surface area contributed by atoms with E-state index in [0.717, 1.165) is 11.1 Å². The van der Waals surface area contributed by atoms with Gasteiger partial charge in [0.05, 0.1) is 22.1 Å². The van der Waals surface area contributed by atoms with Gasteiger partial charge in [-0.1, -0.05) is 66.2 Å². The number of anilines is 1. The highest BCUT2D eigenvalue weighted by atomic mass is 32.2. The fraction of sp³-hybridized carbons (Fsp3) is 0.259. The van der Waals surface area contributed by atoms with E-state index in [1.54, 1.807) is 31.2 Å². The molecule has 0 heterocycles. The molecule has 0 aromatic heterocycles. The van der Waals surface area contributed by atoms with Crippen molar-refractivity contribution < 1.29 is 18.3 Å².